The molecule has 0 spiro atoms. The van der Waals surface area contributed by atoms with Gasteiger partial charge < -0.3 is 15.4 Å². The van der Waals surface area contributed by atoms with Crippen LogP contribution in [0.3, 0.4) is 0 Å². The van der Waals surface area contributed by atoms with E-state index in [-0.39, 0.29) is 34.6 Å². The van der Waals surface area contributed by atoms with Gasteiger partial charge in [-0.3, -0.25) is 10.2 Å². The average Bonchev–Trinajstić information content (AvgIpc) is 2.72. The van der Waals surface area contributed by atoms with Gasteiger partial charge in [0.05, 0.1) is 30.8 Å². The molecule has 1 aliphatic heterocycles. The van der Waals surface area contributed by atoms with Crippen molar-refractivity contribution in [3.8, 4) is 5.88 Å². The zero-order valence-corrected chi connectivity index (χ0v) is 19.3. The third-order valence-corrected chi connectivity index (χ3v) is 8.94. The predicted molar refractivity (Wildman–Crippen MR) is 118 cm³/mol. The molecule has 1 amide bonds. The molecule has 2 heterocycles. The molecule has 0 radical (unpaired) electrons. The van der Waals surface area contributed by atoms with Crippen LogP contribution in [0.4, 0.5) is 10.1 Å². The van der Waals surface area contributed by atoms with Crippen molar-refractivity contribution in [3.63, 3.8) is 0 Å². The standard InChI is InChI=1S/C21H26FN5O4S/c1-12(2)21(4)19(23)27-20(3,11-32(21,29)30)14-8-13(6-7-15(14)22)26-18(28)16-9-25-17(31-5)10-24-16/h6-10,12H,11H2,1-5H3,(H2,23,27)(H,26,28)/t20-,21-/m0/s1. The first-order valence-corrected chi connectivity index (χ1v) is 11.6. The molecule has 11 heteroatoms. The van der Waals surface area contributed by atoms with E-state index >= 15 is 0 Å². The Morgan fingerprint density at radius 2 is 1.97 bits per heavy atom. The first-order chi connectivity index (χ1) is 14.8. The molecule has 0 unspecified atom stereocenters. The van der Waals surface area contributed by atoms with Crippen LogP contribution in [0.2, 0.25) is 0 Å². The van der Waals surface area contributed by atoms with Crippen molar-refractivity contribution < 1.29 is 22.3 Å². The van der Waals surface area contributed by atoms with Gasteiger partial charge in [0.25, 0.3) is 5.91 Å². The van der Waals surface area contributed by atoms with Crippen LogP contribution < -0.4 is 15.4 Å². The lowest BCUT2D eigenvalue weighted by Gasteiger charge is -2.46. The molecule has 1 fully saturated rings. The number of benzene rings is 1. The quantitative estimate of drug-likeness (QED) is 0.620. The number of ether oxygens (including phenoxy) is 1. The topological polar surface area (TPSA) is 134 Å². The molecule has 0 bridgehead atoms. The maximum absolute atomic E-state index is 14.8. The third kappa shape index (κ3) is 3.92. The fourth-order valence-electron chi connectivity index (χ4n) is 3.67. The largest absolute Gasteiger partial charge is 0.480 e. The van der Waals surface area contributed by atoms with E-state index in [2.05, 4.69) is 20.6 Å². The number of aromatic nitrogens is 2. The molecule has 32 heavy (non-hydrogen) atoms. The molecule has 0 aliphatic carbocycles. The number of sulfone groups is 1. The molecule has 0 saturated carbocycles. The highest BCUT2D eigenvalue weighted by molar-refractivity contribution is 7.93. The van der Waals surface area contributed by atoms with Crippen molar-refractivity contribution in [2.24, 2.45) is 5.92 Å². The summed E-state index contributed by atoms with van der Waals surface area (Å²) in [5.74, 6) is -1.93. The highest BCUT2D eigenvalue weighted by atomic mass is 32.2. The molecule has 1 aromatic heterocycles. The number of carbonyl (C=O) groups is 1. The number of nitrogens with one attached hydrogen (secondary N) is 3. The van der Waals surface area contributed by atoms with Crippen LogP contribution in [0.1, 0.15) is 43.7 Å². The molecule has 2 aromatic rings. The van der Waals surface area contributed by atoms with Crippen LogP contribution in [0, 0.1) is 17.1 Å². The van der Waals surface area contributed by atoms with Gasteiger partial charge >= 0.3 is 0 Å². The predicted octanol–water partition coefficient (Wildman–Crippen LogP) is 2.50. The Bertz CT molecular complexity index is 1170. The number of nitrogens with zero attached hydrogens (tertiary/aromatic N) is 2. The summed E-state index contributed by atoms with van der Waals surface area (Å²) in [6.07, 6.45) is 2.53. The van der Waals surface area contributed by atoms with Crippen LogP contribution in [0.25, 0.3) is 0 Å². The number of carbonyl (C=O) groups excluding carboxylic acids is 1. The number of halogens is 1. The number of rotatable bonds is 5. The number of methoxy groups -OCH3 is 1. The summed E-state index contributed by atoms with van der Waals surface area (Å²) >= 11 is 0. The first kappa shape index (κ1) is 23.6. The Morgan fingerprint density at radius 3 is 2.50 bits per heavy atom. The van der Waals surface area contributed by atoms with Gasteiger partial charge in [-0.05, 0) is 38.0 Å². The van der Waals surface area contributed by atoms with E-state index in [9.17, 15) is 17.6 Å². The van der Waals surface area contributed by atoms with Crippen molar-refractivity contribution in [1.82, 2.24) is 15.3 Å². The lowest BCUT2D eigenvalue weighted by Crippen LogP contribution is -2.66. The lowest BCUT2D eigenvalue weighted by atomic mass is 9.88. The summed E-state index contributed by atoms with van der Waals surface area (Å²) < 4.78 is 44.6. The monoisotopic (exact) mass is 463 g/mol. The van der Waals surface area contributed by atoms with Crippen LogP contribution in [-0.4, -0.2) is 47.7 Å². The molecule has 2 atom stereocenters. The van der Waals surface area contributed by atoms with E-state index in [0.29, 0.717) is 0 Å². The number of amides is 1. The van der Waals surface area contributed by atoms with Gasteiger partial charge in [-0.15, -0.1) is 0 Å². The van der Waals surface area contributed by atoms with Gasteiger partial charge in [-0.25, -0.2) is 22.8 Å². The van der Waals surface area contributed by atoms with Crippen LogP contribution in [0.15, 0.2) is 30.6 Å². The van der Waals surface area contributed by atoms with Crippen LogP contribution in [-0.2, 0) is 15.4 Å². The molecule has 1 aliphatic rings. The fourth-order valence-corrected chi connectivity index (χ4v) is 6.04. The SMILES string of the molecule is COc1cnc(C(=O)Nc2ccc(F)c([C@]3(C)CS(=O)(=O)[C@@](C)(C(C)C)C(=N)N3)c2)cn1. The maximum atomic E-state index is 14.8. The van der Waals surface area contributed by atoms with Crippen LogP contribution in [0.5, 0.6) is 5.88 Å². The van der Waals surface area contributed by atoms with E-state index in [1.54, 1.807) is 13.8 Å². The minimum absolute atomic E-state index is 0.0234. The molecule has 1 aromatic carbocycles. The second-order valence-electron chi connectivity index (χ2n) is 8.45. The molecular weight excluding hydrogens is 437 g/mol. The van der Waals surface area contributed by atoms with Gasteiger partial charge in [-0.1, -0.05) is 13.8 Å². The fraction of sp³-hybridized carbons (Fsp3) is 0.429. The molecule has 3 rings (SSSR count). The smallest absolute Gasteiger partial charge is 0.275 e. The van der Waals surface area contributed by atoms with Crippen molar-refractivity contribution in [2.45, 2.75) is 38.0 Å². The Labute approximate surface area is 186 Å². The molecule has 1 saturated heterocycles. The number of amidine groups is 1. The summed E-state index contributed by atoms with van der Waals surface area (Å²) in [5, 5.41) is 13.9. The molecular formula is C21H26FN5O4S. The highest BCUT2D eigenvalue weighted by Gasteiger charge is 2.55. The Hall–Kier alpha value is -3.08. The second kappa shape index (κ2) is 8.12. The lowest BCUT2D eigenvalue weighted by molar-refractivity contribution is 0.102. The van der Waals surface area contributed by atoms with E-state index in [4.69, 9.17) is 10.1 Å². The Kier molecular flexibility index (Phi) is 5.98. The summed E-state index contributed by atoms with van der Waals surface area (Å²) in [6, 6.07) is 3.86. The van der Waals surface area contributed by atoms with Gasteiger partial charge in [-0.2, -0.15) is 0 Å². The maximum Gasteiger partial charge on any atom is 0.275 e. The van der Waals surface area contributed by atoms with Crippen molar-refractivity contribution in [3.05, 3.63) is 47.7 Å². The number of anilines is 1. The van der Waals surface area contributed by atoms with Crippen molar-refractivity contribution in [1.29, 1.82) is 5.41 Å². The van der Waals surface area contributed by atoms with E-state index < -0.39 is 37.6 Å². The van der Waals surface area contributed by atoms with Gasteiger partial charge in [0.1, 0.15) is 22.1 Å². The molecule has 9 nitrogen and oxygen atoms in total. The van der Waals surface area contributed by atoms with Gasteiger partial charge in [0, 0.05) is 11.3 Å². The Morgan fingerprint density at radius 1 is 1.28 bits per heavy atom. The zero-order chi connectivity index (χ0) is 23.9. The molecule has 172 valence electrons. The third-order valence-electron chi connectivity index (χ3n) is 6.01. The summed E-state index contributed by atoms with van der Waals surface area (Å²) in [6.45, 7) is 6.49. The van der Waals surface area contributed by atoms with Crippen molar-refractivity contribution in [2.75, 3.05) is 18.2 Å². The summed E-state index contributed by atoms with van der Waals surface area (Å²) in [7, 11) is -2.38. The minimum Gasteiger partial charge on any atom is -0.480 e. The number of hydrogen-bond donors (Lipinski definition) is 3. The van der Waals surface area contributed by atoms with Crippen LogP contribution >= 0.6 is 0 Å². The molecule has 3 N–H and O–H groups in total. The zero-order valence-electron chi connectivity index (χ0n) is 18.5. The van der Waals surface area contributed by atoms with Gasteiger partial charge in [0.2, 0.25) is 5.88 Å². The van der Waals surface area contributed by atoms with Crippen molar-refractivity contribution >= 4 is 27.3 Å². The second-order valence-corrected chi connectivity index (χ2v) is 10.8. The number of hydrogen-bond acceptors (Lipinski definition) is 7. The summed E-state index contributed by atoms with van der Waals surface area (Å²) in [5.41, 5.74) is -1.10. The Balaban J connectivity index is 1.93. The average molecular weight is 464 g/mol. The van der Waals surface area contributed by atoms with E-state index in [0.717, 1.165) is 6.07 Å². The highest BCUT2D eigenvalue weighted by Crippen LogP contribution is 2.39. The van der Waals surface area contributed by atoms with E-state index in [1.807, 2.05) is 0 Å². The summed E-state index contributed by atoms with van der Waals surface area (Å²) in [4.78, 5) is 20.4. The first-order valence-electron chi connectivity index (χ1n) is 9.91. The van der Waals surface area contributed by atoms with Gasteiger partial charge in [0.15, 0.2) is 9.84 Å². The minimum atomic E-state index is -3.80. The normalized spacial score (nSPS) is 24.7. The van der Waals surface area contributed by atoms with E-state index in [1.165, 1.54) is 45.5 Å².